The zero-order valence-electron chi connectivity index (χ0n) is 15.7. The Kier molecular flexibility index (Phi) is 5.24. The van der Waals surface area contributed by atoms with Gasteiger partial charge in [0.15, 0.2) is 0 Å². The molecule has 6 heteroatoms. The van der Waals surface area contributed by atoms with E-state index in [9.17, 15) is 14.0 Å². The molecule has 5 nitrogen and oxygen atoms in total. The van der Waals surface area contributed by atoms with Crippen molar-refractivity contribution in [3.63, 3.8) is 0 Å². The Bertz CT molecular complexity index is 1050. The SMILES string of the molecule is O=C(NCc1ccc2c(c1)CCN2C(=O)c1ccccc1)Nc1ccccc1F. The van der Waals surface area contributed by atoms with Crippen LogP contribution in [-0.2, 0) is 13.0 Å². The first-order valence-electron chi connectivity index (χ1n) is 9.40. The number of fused-ring (bicyclic) bond motifs is 1. The Morgan fingerprint density at radius 3 is 2.52 bits per heavy atom. The van der Waals surface area contributed by atoms with Gasteiger partial charge in [0.1, 0.15) is 5.82 Å². The number of para-hydroxylation sites is 1. The second kappa shape index (κ2) is 8.14. The normalized spacial score (nSPS) is 12.4. The maximum Gasteiger partial charge on any atom is 0.319 e. The number of rotatable bonds is 4. The fourth-order valence-electron chi connectivity index (χ4n) is 3.42. The summed E-state index contributed by atoms with van der Waals surface area (Å²) in [7, 11) is 0. The van der Waals surface area contributed by atoms with Gasteiger partial charge in [-0.2, -0.15) is 0 Å². The van der Waals surface area contributed by atoms with Crippen LogP contribution < -0.4 is 15.5 Å². The van der Waals surface area contributed by atoms with E-state index in [1.54, 1.807) is 17.0 Å². The molecule has 1 aliphatic heterocycles. The molecule has 2 N–H and O–H groups in total. The maximum absolute atomic E-state index is 13.6. The summed E-state index contributed by atoms with van der Waals surface area (Å²) in [4.78, 5) is 26.6. The molecule has 0 bridgehead atoms. The van der Waals surface area contributed by atoms with Crippen LogP contribution >= 0.6 is 0 Å². The van der Waals surface area contributed by atoms with Crippen molar-refractivity contribution in [3.8, 4) is 0 Å². The zero-order chi connectivity index (χ0) is 20.2. The molecule has 3 aromatic carbocycles. The van der Waals surface area contributed by atoms with E-state index < -0.39 is 11.8 Å². The maximum atomic E-state index is 13.6. The largest absolute Gasteiger partial charge is 0.334 e. The predicted octanol–water partition coefficient (Wildman–Crippen LogP) is 4.35. The highest BCUT2D eigenvalue weighted by Gasteiger charge is 2.25. The summed E-state index contributed by atoms with van der Waals surface area (Å²) in [6.07, 6.45) is 0.767. The average Bonchev–Trinajstić information content (AvgIpc) is 3.17. The predicted molar refractivity (Wildman–Crippen MR) is 111 cm³/mol. The van der Waals surface area contributed by atoms with Gasteiger partial charge in [0.05, 0.1) is 5.69 Å². The number of nitrogens with zero attached hydrogens (tertiary/aromatic N) is 1. The molecule has 146 valence electrons. The van der Waals surface area contributed by atoms with E-state index in [1.165, 1.54) is 12.1 Å². The molecule has 3 amide bonds. The van der Waals surface area contributed by atoms with Crippen molar-refractivity contribution in [2.75, 3.05) is 16.8 Å². The summed E-state index contributed by atoms with van der Waals surface area (Å²) in [6.45, 7) is 0.938. The molecule has 0 unspecified atom stereocenters. The summed E-state index contributed by atoms with van der Waals surface area (Å²) >= 11 is 0. The van der Waals surface area contributed by atoms with Gasteiger partial charge >= 0.3 is 6.03 Å². The number of urea groups is 1. The van der Waals surface area contributed by atoms with Crippen molar-refractivity contribution in [2.45, 2.75) is 13.0 Å². The molecule has 29 heavy (non-hydrogen) atoms. The Labute approximate surface area is 168 Å². The number of benzene rings is 3. The molecule has 0 aliphatic carbocycles. The van der Waals surface area contributed by atoms with E-state index in [4.69, 9.17) is 0 Å². The Morgan fingerprint density at radius 2 is 1.72 bits per heavy atom. The number of anilines is 2. The van der Waals surface area contributed by atoms with Gasteiger partial charge in [0, 0.05) is 24.3 Å². The first-order valence-corrected chi connectivity index (χ1v) is 9.40. The van der Waals surface area contributed by atoms with Crippen LogP contribution in [0.15, 0.2) is 72.8 Å². The molecule has 0 saturated carbocycles. The minimum Gasteiger partial charge on any atom is -0.334 e. The number of amides is 3. The second-order valence-electron chi connectivity index (χ2n) is 6.82. The minimum absolute atomic E-state index is 0.0144. The molecule has 4 rings (SSSR count). The molecule has 1 aliphatic rings. The Hall–Kier alpha value is -3.67. The molecule has 0 aromatic heterocycles. The van der Waals surface area contributed by atoms with Crippen molar-refractivity contribution in [3.05, 3.63) is 95.3 Å². The molecular weight excluding hydrogens is 369 g/mol. The lowest BCUT2D eigenvalue weighted by atomic mass is 10.1. The van der Waals surface area contributed by atoms with Crippen molar-refractivity contribution >= 4 is 23.3 Å². The van der Waals surface area contributed by atoms with Crippen molar-refractivity contribution in [1.82, 2.24) is 5.32 Å². The number of nitrogens with one attached hydrogen (secondary N) is 2. The van der Waals surface area contributed by atoms with Crippen LogP contribution in [0.5, 0.6) is 0 Å². The molecule has 1 heterocycles. The first-order chi connectivity index (χ1) is 14.1. The van der Waals surface area contributed by atoms with Gasteiger partial charge in [-0.1, -0.05) is 42.5 Å². The van der Waals surface area contributed by atoms with E-state index in [1.807, 2.05) is 48.5 Å². The summed E-state index contributed by atoms with van der Waals surface area (Å²) < 4.78 is 13.6. The monoisotopic (exact) mass is 389 g/mol. The average molecular weight is 389 g/mol. The van der Waals surface area contributed by atoms with Crippen LogP contribution in [0.25, 0.3) is 0 Å². The third-order valence-electron chi connectivity index (χ3n) is 4.88. The molecule has 0 spiro atoms. The van der Waals surface area contributed by atoms with Gasteiger partial charge in [-0.3, -0.25) is 4.79 Å². The van der Waals surface area contributed by atoms with Crippen LogP contribution in [0.2, 0.25) is 0 Å². The summed E-state index contributed by atoms with van der Waals surface area (Å²) in [5.41, 5.74) is 3.69. The number of carbonyl (C=O) groups is 2. The lowest BCUT2D eigenvalue weighted by molar-refractivity contribution is 0.0989. The highest BCUT2D eigenvalue weighted by molar-refractivity contribution is 6.07. The van der Waals surface area contributed by atoms with Gasteiger partial charge in [-0.05, 0) is 47.9 Å². The Morgan fingerprint density at radius 1 is 0.966 bits per heavy atom. The van der Waals surface area contributed by atoms with Gasteiger partial charge in [0.25, 0.3) is 5.91 Å². The second-order valence-corrected chi connectivity index (χ2v) is 6.82. The van der Waals surface area contributed by atoms with Gasteiger partial charge < -0.3 is 15.5 Å². The minimum atomic E-state index is -0.483. The standard InChI is InChI=1S/C23H20FN3O2/c24-19-8-4-5-9-20(19)26-23(29)25-15-16-10-11-21-18(14-16)12-13-27(21)22(28)17-6-2-1-3-7-17/h1-11,14H,12-13,15H2,(H2,25,26,29). The van der Waals surface area contributed by atoms with E-state index in [-0.39, 0.29) is 11.6 Å². The highest BCUT2D eigenvalue weighted by atomic mass is 19.1. The summed E-state index contributed by atoms with van der Waals surface area (Å²) in [5, 5.41) is 5.22. The van der Waals surface area contributed by atoms with Crippen LogP contribution in [0.4, 0.5) is 20.6 Å². The number of carbonyl (C=O) groups excluding carboxylic acids is 2. The van der Waals surface area contributed by atoms with Gasteiger partial charge in [-0.15, -0.1) is 0 Å². The third-order valence-corrected chi connectivity index (χ3v) is 4.88. The van der Waals surface area contributed by atoms with E-state index >= 15 is 0 Å². The van der Waals surface area contributed by atoms with Crippen molar-refractivity contribution < 1.29 is 14.0 Å². The fourth-order valence-corrected chi connectivity index (χ4v) is 3.42. The van der Waals surface area contributed by atoms with E-state index in [0.717, 1.165) is 23.2 Å². The van der Waals surface area contributed by atoms with Crippen LogP contribution in [-0.4, -0.2) is 18.5 Å². The fraction of sp³-hybridized carbons (Fsp3) is 0.130. The smallest absolute Gasteiger partial charge is 0.319 e. The van der Waals surface area contributed by atoms with Crippen LogP contribution in [0.3, 0.4) is 0 Å². The highest BCUT2D eigenvalue weighted by Crippen LogP contribution is 2.30. The Balaban J connectivity index is 1.40. The van der Waals surface area contributed by atoms with Crippen LogP contribution in [0.1, 0.15) is 21.5 Å². The zero-order valence-corrected chi connectivity index (χ0v) is 15.7. The first kappa shape index (κ1) is 18.7. The molecule has 3 aromatic rings. The molecule has 0 atom stereocenters. The van der Waals surface area contributed by atoms with Gasteiger partial charge in [0.2, 0.25) is 0 Å². The summed E-state index contributed by atoms with van der Waals surface area (Å²) in [5.74, 6) is -0.497. The number of hydrogen-bond acceptors (Lipinski definition) is 2. The molecule has 0 fully saturated rings. The number of hydrogen-bond donors (Lipinski definition) is 2. The third kappa shape index (κ3) is 4.11. The van der Waals surface area contributed by atoms with Crippen LogP contribution in [0, 0.1) is 5.82 Å². The number of halogens is 1. The topological polar surface area (TPSA) is 61.4 Å². The molecule has 0 saturated heterocycles. The van der Waals surface area contributed by atoms with Crippen molar-refractivity contribution in [2.24, 2.45) is 0 Å². The van der Waals surface area contributed by atoms with E-state index in [2.05, 4.69) is 10.6 Å². The molecule has 0 radical (unpaired) electrons. The molecular formula is C23H20FN3O2. The lowest BCUT2D eigenvalue weighted by Gasteiger charge is -2.17. The van der Waals surface area contributed by atoms with Crippen molar-refractivity contribution in [1.29, 1.82) is 0 Å². The van der Waals surface area contributed by atoms with E-state index in [0.29, 0.717) is 18.7 Å². The lowest BCUT2D eigenvalue weighted by Crippen LogP contribution is -2.29. The quantitative estimate of drug-likeness (QED) is 0.697. The summed E-state index contributed by atoms with van der Waals surface area (Å²) in [6, 6.07) is 20.5. The van der Waals surface area contributed by atoms with Gasteiger partial charge in [-0.25, -0.2) is 9.18 Å².